The molecule has 0 unspecified atom stereocenters. The standard InChI is InChI=1S/C18H34ClP.C12H10N.Pd/c19-20(16-10-4-1-5-11-16,17-12-6-2-7-13-17)18-14-8-3-9-15-18;13-12-9-5-4-8-11(12)10-6-2-1-3-7-10;/h16-18,20H,1-15H2;1-6,8-9H,13H2;. The fourth-order valence-corrected chi connectivity index (χ4v) is 15.4. The number of para-hydroxylation sites is 1. The van der Waals surface area contributed by atoms with Crippen LogP contribution in [0.15, 0.2) is 48.5 Å². The van der Waals surface area contributed by atoms with Gasteiger partial charge in [0.25, 0.3) is 0 Å². The minimum absolute atomic E-state index is 0.811. The first-order chi connectivity index (χ1) is 16.6. The van der Waals surface area contributed by atoms with Crippen molar-refractivity contribution in [3.05, 3.63) is 48.5 Å². The van der Waals surface area contributed by atoms with Crippen molar-refractivity contribution < 1.29 is 19.2 Å². The molecular weight excluding hydrogens is 547 g/mol. The quantitative estimate of drug-likeness (QED) is 0.214. The third-order valence-electron chi connectivity index (χ3n) is 8.79. The zero-order chi connectivity index (χ0) is 23.8. The fraction of sp³-hybridized carbons (Fsp3) is 0.600. The number of hydrogen-bond donors (Lipinski definition) is 1. The van der Waals surface area contributed by atoms with Crippen molar-refractivity contribution in [2.45, 2.75) is 113 Å². The SMILES string of the molecule is Cl[PH](C1CCCCC1)(C1CCCCC1)C1CCCCC1.Nc1ccccc1-c1cccc[c]1[Pd]. The topological polar surface area (TPSA) is 26.0 Å². The van der Waals surface area contributed by atoms with Gasteiger partial charge in [-0.1, -0.05) is 0 Å². The first kappa shape index (κ1) is 26.7. The van der Waals surface area contributed by atoms with Gasteiger partial charge < -0.3 is 0 Å². The molecule has 1 nitrogen and oxygen atoms in total. The summed E-state index contributed by atoms with van der Waals surface area (Å²) in [4.78, 5) is 0. The Morgan fingerprint density at radius 1 is 0.588 bits per heavy atom. The molecule has 3 saturated carbocycles. The van der Waals surface area contributed by atoms with Crippen molar-refractivity contribution in [2.24, 2.45) is 0 Å². The second-order valence-corrected chi connectivity index (χ2v) is 17.8. The van der Waals surface area contributed by atoms with Crippen LogP contribution in [0.1, 0.15) is 96.3 Å². The molecule has 34 heavy (non-hydrogen) atoms. The Hall–Kier alpha value is -0.378. The number of rotatable bonds is 4. The predicted octanol–water partition coefficient (Wildman–Crippen LogP) is 9.00. The molecule has 4 heteroatoms. The Kier molecular flexibility index (Phi) is 10.4. The zero-order valence-corrected chi connectivity index (χ0v) is 24.0. The summed E-state index contributed by atoms with van der Waals surface area (Å²) >= 11 is 10.9. The van der Waals surface area contributed by atoms with Gasteiger partial charge in [0.1, 0.15) is 0 Å². The van der Waals surface area contributed by atoms with Gasteiger partial charge in [0.15, 0.2) is 0 Å². The van der Waals surface area contributed by atoms with E-state index in [-0.39, 0.29) is 0 Å². The van der Waals surface area contributed by atoms with E-state index in [9.17, 15) is 0 Å². The van der Waals surface area contributed by atoms with Crippen LogP contribution in [-0.2, 0) is 19.2 Å². The van der Waals surface area contributed by atoms with E-state index in [0.29, 0.717) is 0 Å². The molecule has 0 aromatic heterocycles. The Labute approximate surface area is 224 Å². The second kappa shape index (κ2) is 13.2. The van der Waals surface area contributed by atoms with Crippen molar-refractivity contribution in [1.82, 2.24) is 0 Å². The van der Waals surface area contributed by atoms with Crippen LogP contribution in [0.4, 0.5) is 5.69 Å². The summed E-state index contributed by atoms with van der Waals surface area (Å²) < 4.78 is 1.11. The molecule has 3 fully saturated rings. The van der Waals surface area contributed by atoms with E-state index in [4.69, 9.17) is 17.0 Å². The molecular formula is C30H44ClNPPd. The summed E-state index contributed by atoms with van der Waals surface area (Å²) in [5, 5.41) is 0. The van der Waals surface area contributed by atoms with Crippen molar-refractivity contribution in [3.63, 3.8) is 0 Å². The molecule has 0 spiro atoms. The molecule has 2 aromatic carbocycles. The summed E-state index contributed by atoms with van der Waals surface area (Å²) in [6, 6.07) is 16.0. The number of anilines is 1. The molecule has 191 valence electrons. The average Bonchev–Trinajstić information content (AvgIpc) is 2.91. The van der Waals surface area contributed by atoms with E-state index in [1.54, 1.807) is 0 Å². The Bertz CT molecular complexity index is 796. The van der Waals surface area contributed by atoms with Crippen molar-refractivity contribution in [3.8, 4) is 11.1 Å². The molecule has 2 N–H and O–H groups in total. The normalized spacial score (nSPS) is 21.5. The molecule has 0 aliphatic heterocycles. The first-order valence-electron chi connectivity index (χ1n) is 13.9. The molecule has 3 aliphatic carbocycles. The minimum atomic E-state index is -1.57. The molecule has 0 amide bonds. The number of nitrogens with two attached hydrogens (primary N) is 1. The monoisotopic (exact) mass is 590 g/mol. The summed E-state index contributed by atoms with van der Waals surface area (Å²) in [5.74, 6) is 0. The fourth-order valence-electron chi connectivity index (χ4n) is 7.04. The Balaban J connectivity index is 0.000000172. The molecule has 0 heterocycles. The summed E-state index contributed by atoms with van der Waals surface area (Å²) in [7, 11) is 0. The maximum atomic E-state index is 7.71. The van der Waals surface area contributed by atoms with Gasteiger partial charge in [0.05, 0.1) is 0 Å². The van der Waals surface area contributed by atoms with Gasteiger partial charge in [-0.3, -0.25) is 0 Å². The molecule has 5 rings (SSSR count). The van der Waals surface area contributed by atoms with E-state index in [1.165, 1.54) is 96.3 Å². The van der Waals surface area contributed by atoms with Gasteiger partial charge in [0.2, 0.25) is 0 Å². The molecule has 0 saturated heterocycles. The van der Waals surface area contributed by atoms with Crippen LogP contribution in [0.25, 0.3) is 11.1 Å². The molecule has 3 aliphatic rings. The number of halogens is 1. The Morgan fingerprint density at radius 2 is 0.971 bits per heavy atom. The number of benzene rings is 2. The van der Waals surface area contributed by atoms with E-state index in [2.05, 4.69) is 25.3 Å². The third-order valence-corrected chi connectivity index (χ3v) is 17.7. The molecule has 0 atom stereocenters. The van der Waals surface area contributed by atoms with Crippen LogP contribution < -0.4 is 9.77 Å². The van der Waals surface area contributed by atoms with Crippen LogP contribution in [0.5, 0.6) is 0 Å². The van der Waals surface area contributed by atoms with E-state index in [1.807, 2.05) is 42.5 Å². The van der Waals surface area contributed by atoms with E-state index in [0.717, 1.165) is 37.8 Å². The molecule has 0 bridgehead atoms. The Morgan fingerprint density at radius 3 is 1.38 bits per heavy atom. The first-order valence-corrected chi connectivity index (χ1v) is 17.9. The number of nitrogen functional groups attached to an aromatic ring is 1. The zero-order valence-electron chi connectivity index (χ0n) is 20.7. The van der Waals surface area contributed by atoms with Gasteiger partial charge in [-0.25, -0.2) is 0 Å². The maximum absolute atomic E-state index is 7.71. The van der Waals surface area contributed by atoms with Crippen LogP contribution in [-0.4, -0.2) is 17.0 Å². The van der Waals surface area contributed by atoms with Gasteiger partial charge >= 0.3 is 225 Å². The number of hydrogen-bond acceptors (Lipinski definition) is 1. The molecule has 0 radical (unpaired) electrons. The van der Waals surface area contributed by atoms with Crippen LogP contribution in [0, 0.1) is 0 Å². The van der Waals surface area contributed by atoms with Gasteiger partial charge in [-0.15, -0.1) is 0 Å². The van der Waals surface area contributed by atoms with Crippen LogP contribution >= 0.6 is 17.9 Å². The van der Waals surface area contributed by atoms with Gasteiger partial charge in [0, 0.05) is 0 Å². The predicted molar refractivity (Wildman–Crippen MR) is 151 cm³/mol. The van der Waals surface area contributed by atoms with Crippen LogP contribution in [0.3, 0.4) is 0 Å². The van der Waals surface area contributed by atoms with Crippen LogP contribution in [0.2, 0.25) is 0 Å². The van der Waals surface area contributed by atoms with Crippen molar-refractivity contribution in [2.75, 3.05) is 5.73 Å². The van der Waals surface area contributed by atoms with Crippen molar-refractivity contribution >= 4 is 27.6 Å². The van der Waals surface area contributed by atoms with E-state index < -0.39 is 6.62 Å². The second-order valence-electron chi connectivity index (χ2n) is 10.9. The average molecular weight is 592 g/mol. The summed E-state index contributed by atoms with van der Waals surface area (Å²) in [6.07, 6.45) is 22.2. The van der Waals surface area contributed by atoms with Crippen molar-refractivity contribution in [1.29, 1.82) is 0 Å². The van der Waals surface area contributed by atoms with Gasteiger partial charge in [-0.05, 0) is 0 Å². The van der Waals surface area contributed by atoms with E-state index >= 15 is 0 Å². The summed E-state index contributed by atoms with van der Waals surface area (Å²) in [6.45, 7) is -1.57. The van der Waals surface area contributed by atoms with Gasteiger partial charge in [-0.2, -0.15) is 0 Å². The molecule has 2 aromatic rings. The summed E-state index contributed by atoms with van der Waals surface area (Å²) in [5.41, 5.74) is 11.9. The third kappa shape index (κ3) is 6.48.